The molecule has 136 valence electrons. The van der Waals surface area contributed by atoms with Crippen molar-refractivity contribution in [2.45, 2.75) is 27.2 Å². The SMILES string of the molecule is CC[N+](CC)(CC)CCCSC.CN.c1ccc2ccccc2c1. The zero-order chi connectivity index (χ0) is 18.3. The standard InChI is InChI=1S/C10H24NS.C10H8.CH5N/c1-5-11(6-2,7-3)9-8-10-12-4;1-2-6-10-8-4-3-7-9(10)5-1;1-2/h5-10H2,1-4H3;1-8H;2H2,1H3/q+1;;. The van der Waals surface area contributed by atoms with Gasteiger partial charge in [0, 0.05) is 6.42 Å². The number of rotatable bonds is 7. The van der Waals surface area contributed by atoms with Crippen molar-refractivity contribution in [3.05, 3.63) is 48.5 Å². The van der Waals surface area contributed by atoms with Crippen LogP contribution in [0.5, 0.6) is 0 Å². The summed E-state index contributed by atoms with van der Waals surface area (Å²) in [4.78, 5) is 0. The Kier molecular flexibility index (Phi) is 13.7. The lowest BCUT2D eigenvalue weighted by Crippen LogP contribution is -2.48. The quantitative estimate of drug-likeness (QED) is 0.560. The number of nitrogens with two attached hydrogens (primary N) is 1. The van der Waals surface area contributed by atoms with E-state index in [2.05, 4.69) is 81.3 Å². The Hall–Kier alpha value is -1.03. The molecule has 3 heteroatoms. The smallest absolute Gasteiger partial charge is 0.0794 e. The van der Waals surface area contributed by atoms with Gasteiger partial charge in [0.25, 0.3) is 0 Å². The second-order valence-electron chi connectivity index (χ2n) is 5.71. The molecule has 2 N–H and O–H groups in total. The number of hydrogen-bond acceptors (Lipinski definition) is 2. The third-order valence-corrected chi connectivity index (χ3v) is 5.35. The maximum absolute atomic E-state index is 4.50. The molecular weight excluding hydrogens is 312 g/mol. The van der Waals surface area contributed by atoms with Crippen LogP contribution in [-0.2, 0) is 0 Å². The van der Waals surface area contributed by atoms with Crippen LogP contribution >= 0.6 is 11.8 Å². The van der Waals surface area contributed by atoms with E-state index >= 15 is 0 Å². The molecule has 0 bridgehead atoms. The van der Waals surface area contributed by atoms with E-state index in [4.69, 9.17) is 0 Å². The summed E-state index contributed by atoms with van der Waals surface area (Å²) in [7, 11) is 1.50. The molecule has 0 aliphatic rings. The number of thioether (sulfide) groups is 1. The van der Waals surface area contributed by atoms with E-state index in [1.807, 2.05) is 11.8 Å². The minimum absolute atomic E-state index is 1.29. The maximum atomic E-state index is 4.50. The highest BCUT2D eigenvalue weighted by molar-refractivity contribution is 7.98. The number of benzene rings is 2. The van der Waals surface area contributed by atoms with Gasteiger partial charge in [-0.05, 0) is 50.6 Å². The largest absolute Gasteiger partial charge is 0.333 e. The fraction of sp³-hybridized carbons (Fsp3) is 0.524. The molecule has 2 aromatic carbocycles. The van der Waals surface area contributed by atoms with Gasteiger partial charge >= 0.3 is 0 Å². The normalized spacial score (nSPS) is 10.4. The fourth-order valence-electron chi connectivity index (χ4n) is 2.82. The lowest BCUT2D eigenvalue weighted by atomic mass is 10.1. The molecule has 24 heavy (non-hydrogen) atoms. The molecule has 0 saturated heterocycles. The predicted octanol–water partition coefficient (Wildman–Crippen LogP) is 5.03. The fourth-order valence-corrected chi connectivity index (χ4v) is 3.24. The van der Waals surface area contributed by atoms with Crippen LogP contribution in [0.4, 0.5) is 0 Å². The van der Waals surface area contributed by atoms with E-state index in [9.17, 15) is 0 Å². The Morgan fingerprint density at radius 1 is 0.792 bits per heavy atom. The van der Waals surface area contributed by atoms with E-state index in [0.29, 0.717) is 0 Å². The van der Waals surface area contributed by atoms with Crippen LogP contribution in [0, 0.1) is 0 Å². The molecule has 0 aromatic heterocycles. The van der Waals surface area contributed by atoms with Gasteiger partial charge in [0.05, 0.1) is 26.2 Å². The zero-order valence-electron chi connectivity index (χ0n) is 16.3. The molecule has 0 saturated carbocycles. The molecule has 0 radical (unpaired) electrons. The Labute approximate surface area is 154 Å². The number of fused-ring (bicyclic) bond motifs is 1. The van der Waals surface area contributed by atoms with Gasteiger partial charge < -0.3 is 10.2 Å². The van der Waals surface area contributed by atoms with Gasteiger partial charge in [-0.3, -0.25) is 0 Å². The van der Waals surface area contributed by atoms with Gasteiger partial charge in [-0.2, -0.15) is 11.8 Å². The second-order valence-corrected chi connectivity index (χ2v) is 6.69. The monoisotopic (exact) mass is 349 g/mol. The summed E-state index contributed by atoms with van der Waals surface area (Å²) in [6.45, 7) is 12.2. The van der Waals surface area contributed by atoms with Crippen molar-refractivity contribution < 1.29 is 4.48 Å². The number of hydrogen-bond donors (Lipinski definition) is 1. The lowest BCUT2D eigenvalue weighted by molar-refractivity contribution is -0.923. The summed E-state index contributed by atoms with van der Waals surface area (Å²) in [5.74, 6) is 1.32. The van der Waals surface area contributed by atoms with Crippen molar-refractivity contribution >= 4 is 22.5 Å². The molecule has 2 nitrogen and oxygen atoms in total. The Morgan fingerprint density at radius 3 is 1.46 bits per heavy atom. The molecular formula is C21H37N2S+. The van der Waals surface area contributed by atoms with Crippen molar-refractivity contribution in [3.8, 4) is 0 Å². The molecule has 0 amide bonds. The van der Waals surface area contributed by atoms with Gasteiger partial charge in [0.1, 0.15) is 0 Å². The van der Waals surface area contributed by atoms with Crippen LogP contribution < -0.4 is 5.73 Å². The highest BCUT2D eigenvalue weighted by Gasteiger charge is 2.19. The first-order valence-corrected chi connectivity index (χ1v) is 10.5. The summed E-state index contributed by atoms with van der Waals surface area (Å²) in [5.41, 5.74) is 4.50. The van der Waals surface area contributed by atoms with Crippen molar-refractivity contribution in [2.75, 3.05) is 45.2 Å². The summed E-state index contributed by atoms with van der Waals surface area (Å²) in [6, 6.07) is 16.7. The molecule has 0 atom stereocenters. The van der Waals surface area contributed by atoms with Gasteiger partial charge in [-0.15, -0.1) is 0 Å². The Morgan fingerprint density at radius 2 is 1.17 bits per heavy atom. The lowest BCUT2D eigenvalue weighted by Gasteiger charge is -2.35. The Balaban J connectivity index is 0.000000402. The highest BCUT2D eigenvalue weighted by atomic mass is 32.2. The first-order valence-electron chi connectivity index (χ1n) is 9.07. The van der Waals surface area contributed by atoms with Crippen molar-refractivity contribution in [3.63, 3.8) is 0 Å². The molecule has 0 aliphatic heterocycles. The molecule has 0 unspecified atom stereocenters. The van der Waals surface area contributed by atoms with Crippen LogP contribution in [0.3, 0.4) is 0 Å². The maximum Gasteiger partial charge on any atom is 0.0794 e. The average Bonchev–Trinajstić information content (AvgIpc) is 2.68. The molecule has 2 rings (SSSR count). The predicted molar refractivity (Wildman–Crippen MR) is 114 cm³/mol. The van der Waals surface area contributed by atoms with E-state index in [0.717, 1.165) is 0 Å². The van der Waals surface area contributed by atoms with E-state index < -0.39 is 0 Å². The van der Waals surface area contributed by atoms with Crippen molar-refractivity contribution in [1.29, 1.82) is 0 Å². The third-order valence-electron chi connectivity index (χ3n) is 4.65. The van der Waals surface area contributed by atoms with E-state index in [1.54, 1.807) is 0 Å². The van der Waals surface area contributed by atoms with Crippen LogP contribution in [0.2, 0.25) is 0 Å². The first kappa shape index (κ1) is 23.0. The number of nitrogens with zero attached hydrogens (tertiary/aromatic N) is 1. The van der Waals surface area contributed by atoms with Crippen molar-refractivity contribution in [1.82, 2.24) is 0 Å². The Bertz CT molecular complexity index is 450. The van der Waals surface area contributed by atoms with Gasteiger partial charge in [-0.1, -0.05) is 48.5 Å². The summed E-state index contributed by atoms with van der Waals surface area (Å²) in [6.07, 6.45) is 3.56. The van der Waals surface area contributed by atoms with E-state index in [-0.39, 0.29) is 0 Å². The van der Waals surface area contributed by atoms with Crippen molar-refractivity contribution in [2.24, 2.45) is 5.73 Å². The topological polar surface area (TPSA) is 26.0 Å². The average molecular weight is 350 g/mol. The van der Waals surface area contributed by atoms with Crippen LogP contribution in [-0.4, -0.2) is 49.7 Å². The summed E-state index contributed by atoms with van der Waals surface area (Å²) in [5, 5.41) is 2.62. The zero-order valence-corrected chi connectivity index (χ0v) is 17.1. The molecule has 0 spiro atoms. The minimum atomic E-state index is 1.29. The van der Waals surface area contributed by atoms with E-state index in [1.165, 1.54) is 60.7 Å². The first-order chi connectivity index (χ1) is 11.7. The summed E-state index contributed by atoms with van der Waals surface area (Å²) < 4.78 is 1.31. The van der Waals surface area contributed by atoms with Gasteiger partial charge in [0.2, 0.25) is 0 Å². The minimum Gasteiger partial charge on any atom is -0.333 e. The molecule has 0 fully saturated rings. The van der Waals surface area contributed by atoms with Crippen LogP contribution in [0.15, 0.2) is 48.5 Å². The number of quaternary nitrogens is 1. The van der Waals surface area contributed by atoms with Crippen LogP contribution in [0.1, 0.15) is 27.2 Å². The summed E-state index contributed by atoms with van der Waals surface area (Å²) >= 11 is 1.96. The van der Waals surface area contributed by atoms with Gasteiger partial charge in [-0.25, -0.2) is 0 Å². The second kappa shape index (κ2) is 14.3. The molecule has 2 aromatic rings. The third kappa shape index (κ3) is 8.18. The molecule has 0 aliphatic carbocycles. The highest BCUT2D eigenvalue weighted by Crippen LogP contribution is 2.11. The van der Waals surface area contributed by atoms with Crippen LogP contribution in [0.25, 0.3) is 10.8 Å². The molecule has 0 heterocycles. The van der Waals surface area contributed by atoms with Gasteiger partial charge in [0.15, 0.2) is 0 Å².